The van der Waals surface area contributed by atoms with Gasteiger partial charge in [-0.1, -0.05) is 24.3 Å². The molecule has 0 saturated carbocycles. The Kier molecular flexibility index (Phi) is 5.72. The standard InChI is InChI=1S/C23H18N4O5S2/c1-32-23(29)26-11-10-14-18(12-26)34-22(19(14)21-24-15-7-3-5-9-17(15)33-21)25-20(28)13-6-2-4-8-16(13)27(30)31/h2-9H,10-12H2,1H3,(H,25,28). The molecule has 2 aromatic carbocycles. The molecule has 0 radical (unpaired) electrons. The number of carbonyl (C=O) groups is 2. The van der Waals surface area contributed by atoms with Crippen LogP contribution in [0.25, 0.3) is 20.8 Å². The quantitative estimate of drug-likeness (QED) is 0.304. The maximum Gasteiger partial charge on any atom is 0.409 e. The number of thiophene rings is 1. The molecule has 3 heterocycles. The third-order valence-electron chi connectivity index (χ3n) is 5.57. The number of anilines is 1. The van der Waals surface area contributed by atoms with Gasteiger partial charge >= 0.3 is 6.09 Å². The van der Waals surface area contributed by atoms with Gasteiger partial charge in [-0.15, -0.1) is 22.7 Å². The van der Waals surface area contributed by atoms with E-state index >= 15 is 0 Å². The summed E-state index contributed by atoms with van der Waals surface area (Å²) in [7, 11) is 1.34. The Balaban J connectivity index is 1.59. The number of benzene rings is 2. The first kappa shape index (κ1) is 22.0. The van der Waals surface area contributed by atoms with E-state index in [0.717, 1.165) is 31.2 Å². The van der Waals surface area contributed by atoms with Gasteiger partial charge in [0.1, 0.15) is 15.6 Å². The molecule has 0 bridgehead atoms. The van der Waals surface area contributed by atoms with Crippen LogP contribution in [0.15, 0.2) is 48.5 Å². The lowest BCUT2D eigenvalue weighted by atomic mass is 10.0. The van der Waals surface area contributed by atoms with Crippen LogP contribution in [0.4, 0.5) is 15.5 Å². The molecule has 9 nitrogen and oxygen atoms in total. The van der Waals surface area contributed by atoms with Gasteiger partial charge in [-0.3, -0.25) is 14.9 Å². The smallest absolute Gasteiger partial charge is 0.409 e. The Morgan fingerprint density at radius 1 is 1.15 bits per heavy atom. The molecule has 0 saturated heterocycles. The van der Waals surface area contributed by atoms with Gasteiger partial charge in [0.15, 0.2) is 0 Å². The zero-order valence-electron chi connectivity index (χ0n) is 17.9. The van der Waals surface area contributed by atoms with Gasteiger partial charge in [0.2, 0.25) is 0 Å². The van der Waals surface area contributed by atoms with Gasteiger partial charge in [0.05, 0.1) is 28.8 Å². The van der Waals surface area contributed by atoms with Crippen LogP contribution in [0.2, 0.25) is 0 Å². The van der Waals surface area contributed by atoms with Crippen LogP contribution in [-0.4, -0.2) is 40.5 Å². The molecular formula is C23H18N4O5S2. The third-order valence-corrected chi connectivity index (χ3v) is 7.76. The minimum Gasteiger partial charge on any atom is -0.453 e. The number of rotatable bonds is 4. The molecule has 0 spiro atoms. The third kappa shape index (κ3) is 3.88. The van der Waals surface area contributed by atoms with Crippen molar-refractivity contribution < 1.29 is 19.2 Å². The van der Waals surface area contributed by atoms with Crippen LogP contribution < -0.4 is 5.32 Å². The highest BCUT2D eigenvalue weighted by molar-refractivity contribution is 7.23. The molecule has 1 N–H and O–H groups in total. The Hall–Kier alpha value is -3.83. The molecule has 1 aliphatic rings. The summed E-state index contributed by atoms with van der Waals surface area (Å²) < 4.78 is 5.89. The number of thiazole rings is 1. The molecule has 34 heavy (non-hydrogen) atoms. The second-order valence-corrected chi connectivity index (χ2v) is 9.70. The lowest BCUT2D eigenvalue weighted by molar-refractivity contribution is -0.385. The van der Waals surface area contributed by atoms with Crippen molar-refractivity contribution in [2.45, 2.75) is 13.0 Å². The summed E-state index contributed by atoms with van der Waals surface area (Å²) in [6.07, 6.45) is 0.166. The largest absolute Gasteiger partial charge is 0.453 e. The highest BCUT2D eigenvalue weighted by Gasteiger charge is 2.30. The molecule has 2 aromatic heterocycles. The number of hydrogen-bond donors (Lipinski definition) is 1. The van der Waals surface area contributed by atoms with Crippen LogP contribution in [0.1, 0.15) is 20.8 Å². The SMILES string of the molecule is COC(=O)N1CCc2c(sc(NC(=O)c3ccccc3[N+](=O)[O-])c2-c2nc3ccccc3s2)C1. The van der Waals surface area contributed by atoms with E-state index in [9.17, 15) is 19.7 Å². The normalized spacial score (nSPS) is 12.9. The fraction of sp³-hybridized carbons (Fsp3) is 0.174. The van der Waals surface area contributed by atoms with Crippen molar-refractivity contribution in [2.75, 3.05) is 19.0 Å². The Labute approximate surface area is 201 Å². The second kappa shape index (κ2) is 8.84. The average Bonchev–Trinajstić information content (AvgIpc) is 3.43. The fourth-order valence-electron chi connectivity index (χ4n) is 3.98. The summed E-state index contributed by atoms with van der Waals surface area (Å²) in [6.45, 7) is 0.831. The zero-order chi connectivity index (χ0) is 23.8. The second-order valence-electron chi connectivity index (χ2n) is 7.56. The highest BCUT2D eigenvalue weighted by atomic mass is 32.1. The number of nitrogens with one attached hydrogen (secondary N) is 1. The molecule has 0 unspecified atom stereocenters. The number of methoxy groups -OCH3 is 1. The average molecular weight is 495 g/mol. The van der Waals surface area contributed by atoms with Crippen LogP contribution in [0.5, 0.6) is 0 Å². The first-order valence-electron chi connectivity index (χ1n) is 10.3. The van der Waals surface area contributed by atoms with E-state index in [1.807, 2.05) is 24.3 Å². The van der Waals surface area contributed by atoms with Gasteiger partial charge < -0.3 is 15.0 Å². The molecule has 0 aliphatic carbocycles. The molecule has 1 aliphatic heterocycles. The molecule has 5 rings (SSSR count). The van der Waals surface area contributed by atoms with Crippen molar-refractivity contribution >= 4 is 55.6 Å². The van der Waals surface area contributed by atoms with Gasteiger partial charge in [-0.2, -0.15) is 0 Å². The van der Waals surface area contributed by atoms with Gasteiger partial charge in [0.25, 0.3) is 11.6 Å². The Morgan fingerprint density at radius 2 is 1.91 bits per heavy atom. The molecule has 11 heteroatoms. The van der Waals surface area contributed by atoms with Gasteiger partial charge in [-0.25, -0.2) is 9.78 Å². The minimum atomic E-state index is -0.572. The number of para-hydroxylation sites is 2. The van der Waals surface area contributed by atoms with Crippen molar-refractivity contribution in [1.82, 2.24) is 9.88 Å². The summed E-state index contributed by atoms with van der Waals surface area (Å²) in [5.41, 5.74) is 2.38. The van der Waals surface area contributed by atoms with Crippen molar-refractivity contribution in [3.8, 4) is 10.6 Å². The number of nitro groups is 1. The van der Waals surface area contributed by atoms with E-state index in [4.69, 9.17) is 9.72 Å². The summed E-state index contributed by atoms with van der Waals surface area (Å²) >= 11 is 2.87. The van der Waals surface area contributed by atoms with Crippen molar-refractivity contribution in [2.24, 2.45) is 0 Å². The van der Waals surface area contributed by atoms with E-state index in [0.29, 0.717) is 24.5 Å². The maximum atomic E-state index is 13.1. The monoisotopic (exact) mass is 494 g/mol. The maximum absolute atomic E-state index is 13.1. The van der Waals surface area contributed by atoms with Crippen molar-refractivity contribution in [3.63, 3.8) is 0 Å². The number of fused-ring (bicyclic) bond motifs is 2. The minimum absolute atomic E-state index is 0.0229. The number of carbonyl (C=O) groups excluding carboxylic acids is 2. The van der Waals surface area contributed by atoms with Crippen molar-refractivity contribution in [1.29, 1.82) is 0 Å². The first-order chi connectivity index (χ1) is 16.5. The number of hydrogen-bond acceptors (Lipinski definition) is 8. The fourth-order valence-corrected chi connectivity index (χ4v) is 6.35. The molecule has 2 amide bonds. The van der Waals surface area contributed by atoms with Gasteiger partial charge in [-0.05, 0) is 30.2 Å². The first-order valence-corrected chi connectivity index (χ1v) is 12.0. The Morgan fingerprint density at radius 3 is 2.68 bits per heavy atom. The van der Waals surface area contributed by atoms with Crippen LogP contribution in [0.3, 0.4) is 0 Å². The Bertz CT molecular complexity index is 1410. The molecule has 4 aromatic rings. The number of amides is 2. The summed E-state index contributed by atoms with van der Waals surface area (Å²) in [5, 5.41) is 15.6. The number of nitro benzene ring substituents is 1. The zero-order valence-corrected chi connectivity index (χ0v) is 19.6. The van der Waals surface area contributed by atoms with E-state index in [1.54, 1.807) is 11.0 Å². The highest BCUT2D eigenvalue weighted by Crippen LogP contribution is 2.46. The van der Waals surface area contributed by atoms with Crippen molar-refractivity contribution in [3.05, 3.63) is 74.6 Å². The predicted octanol–water partition coefficient (Wildman–Crippen LogP) is 5.31. The summed E-state index contributed by atoms with van der Waals surface area (Å²) in [6, 6.07) is 13.6. The number of aromatic nitrogens is 1. The van der Waals surface area contributed by atoms with Crippen LogP contribution in [0, 0.1) is 10.1 Å². The molecule has 0 atom stereocenters. The molecule has 172 valence electrons. The van der Waals surface area contributed by atoms with E-state index < -0.39 is 16.9 Å². The predicted molar refractivity (Wildman–Crippen MR) is 131 cm³/mol. The lowest BCUT2D eigenvalue weighted by Gasteiger charge is -2.25. The van der Waals surface area contributed by atoms with E-state index in [-0.39, 0.29) is 11.3 Å². The molecule has 0 fully saturated rings. The lowest BCUT2D eigenvalue weighted by Crippen LogP contribution is -2.35. The van der Waals surface area contributed by atoms with E-state index in [2.05, 4.69) is 5.32 Å². The van der Waals surface area contributed by atoms with Gasteiger partial charge in [0, 0.05) is 23.1 Å². The summed E-state index contributed by atoms with van der Waals surface area (Å²) in [4.78, 5) is 43.4. The van der Waals surface area contributed by atoms with Crippen LogP contribution in [-0.2, 0) is 17.7 Å². The number of ether oxygens (including phenoxy) is 1. The molecular weight excluding hydrogens is 476 g/mol. The van der Waals surface area contributed by atoms with E-state index in [1.165, 1.54) is 48.0 Å². The number of nitrogens with zero attached hydrogens (tertiary/aromatic N) is 3. The summed E-state index contributed by atoms with van der Waals surface area (Å²) in [5.74, 6) is -0.571. The topological polar surface area (TPSA) is 115 Å². The van der Waals surface area contributed by atoms with Crippen LogP contribution >= 0.6 is 22.7 Å².